The predicted octanol–water partition coefficient (Wildman–Crippen LogP) is 0.782. The molecule has 1 aliphatic rings. The highest BCUT2D eigenvalue weighted by molar-refractivity contribution is 7.90. The molecule has 1 aromatic heterocycles. The lowest BCUT2D eigenvalue weighted by Gasteiger charge is -2.11. The molecule has 1 aromatic carbocycles. The van der Waals surface area contributed by atoms with Crippen LogP contribution in [0.25, 0.3) is 5.69 Å². The Kier molecular flexibility index (Phi) is 6.10. The Morgan fingerprint density at radius 3 is 2.64 bits per heavy atom. The summed E-state index contributed by atoms with van der Waals surface area (Å²) in [4.78, 5) is 24.4. The maximum absolute atomic E-state index is 12.3. The number of nitrogens with one attached hydrogen (secondary N) is 2. The van der Waals surface area contributed by atoms with Crippen LogP contribution in [0.15, 0.2) is 30.3 Å². The van der Waals surface area contributed by atoms with Crippen LogP contribution < -0.4 is 10.6 Å². The zero-order valence-electron chi connectivity index (χ0n) is 15.5. The Balaban J connectivity index is 1.77. The molecular weight excluding hydrogens is 384 g/mol. The quantitative estimate of drug-likeness (QED) is 0.518. The summed E-state index contributed by atoms with van der Waals surface area (Å²) in [6.45, 7) is 3.26. The number of rotatable bonds is 7. The Bertz CT molecular complexity index is 969. The van der Waals surface area contributed by atoms with Gasteiger partial charge in [-0.15, -0.1) is 0 Å². The third-order valence-electron chi connectivity index (χ3n) is 4.18. The van der Waals surface area contributed by atoms with Crippen molar-refractivity contribution in [3.63, 3.8) is 0 Å². The fourth-order valence-corrected chi connectivity index (χ4v) is 4.39. The van der Waals surface area contributed by atoms with E-state index in [2.05, 4.69) is 15.7 Å². The summed E-state index contributed by atoms with van der Waals surface area (Å²) in [6.07, 6.45) is 0.586. The van der Waals surface area contributed by atoms with Crippen molar-refractivity contribution in [2.45, 2.75) is 24.9 Å². The minimum Gasteiger partial charge on any atom is -0.382 e. The van der Waals surface area contributed by atoms with Gasteiger partial charge in [-0.1, -0.05) is 18.2 Å². The maximum Gasteiger partial charge on any atom is 0.314 e. The highest BCUT2D eigenvalue weighted by atomic mass is 32.2. The third-order valence-corrected chi connectivity index (χ3v) is 5.62. The van der Waals surface area contributed by atoms with E-state index in [1.807, 2.05) is 13.0 Å². The number of carbonyl (C=O) groups excluding carboxylic acids is 2. The molecule has 0 saturated heterocycles. The van der Waals surface area contributed by atoms with E-state index in [-0.39, 0.29) is 17.3 Å². The minimum absolute atomic E-state index is 0.186. The second-order valence-corrected chi connectivity index (χ2v) is 8.38. The molecule has 0 atom stereocenters. The molecule has 9 nitrogen and oxygen atoms in total. The van der Waals surface area contributed by atoms with Gasteiger partial charge in [0.25, 0.3) is 0 Å². The van der Waals surface area contributed by atoms with E-state index in [4.69, 9.17) is 4.74 Å². The Hall–Kier alpha value is -2.72. The van der Waals surface area contributed by atoms with E-state index in [0.717, 1.165) is 0 Å². The normalized spacial score (nSPS) is 14.5. The van der Waals surface area contributed by atoms with Crippen LogP contribution in [0, 0.1) is 0 Å². The second kappa shape index (κ2) is 8.53. The molecule has 0 fully saturated rings. The van der Waals surface area contributed by atoms with Crippen LogP contribution >= 0.6 is 0 Å². The molecule has 3 rings (SSSR count). The third kappa shape index (κ3) is 4.57. The van der Waals surface area contributed by atoms with Crippen molar-refractivity contribution in [3.05, 3.63) is 41.6 Å². The number of para-hydroxylation sites is 1. The number of hydrogen-bond donors (Lipinski definition) is 2. The van der Waals surface area contributed by atoms with Crippen molar-refractivity contribution in [1.82, 2.24) is 15.1 Å². The van der Waals surface area contributed by atoms with Crippen LogP contribution in [0.4, 0.5) is 5.82 Å². The first-order valence-electron chi connectivity index (χ1n) is 8.95. The van der Waals surface area contributed by atoms with E-state index in [1.54, 1.807) is 24.3 Å². The number of ether oxygens (including phenoxy) is 1. The lowest BCUT2D eigenvalue weighted by molar-refractivity contribution is -0.136. The molecular formula is C18H22N4O5S. The largest absolute Gasteiger partial charge is 0.382 e. The van der Waals surface area contributed by atoms with Gasteiger partial charge < -0.3 is 15.4 Å². The lowest BCUT2D eigenvalue weighted by atomic mass is 10.2. The zero-order chi connectivity index (χ0) is 20.1. The van der Waals surface area contributed by atoms with Gasteiger partial charge >= 0.3 is 11.8 Å². The number of amides is 2. The van der Waals surface area contributed by atoms with Crippen molar-refractivity contribution < 1.29 is 22.7 Å². The van der Waals surface area contributed by atoms with E-state index >= 15 is 0 Å². The minimum atomic E-state index is -3.30. The van der Waals surface area contributed by atoms with Crippen LogP contribution in [0.1, 0.15) is 24.6 Å². The number of carbonyl (C=O) groups is 2. The molecule has 0 aliphatic carbocycles. The molecule has 0 unspecified atom stereocenters. The van der Waals surface area contributed by atoms with Crippen molar-refractivity contribution in [2.24, 2.45) is 0 Å². The highest BCUT2D eigenvalue weighted by Gasteiger charge is 2.33. The maximum atomic E-state index is 12.3. The number of sulfone groups is 1. The summed E-state index contributed by atoms with van der Waals surface area (Å²) in [5.74, 6) is -1.88. The SMILES string of the molecule is CCOCCCNC(=O)C(=O)Nc1c2c(nn1-c1ccccc1)CS(=O)(=O)C2. The van der Waals surface area contributed by atoms with Gasteiger partial charge in [0.15, 0.2) is 9.84 Å². The molecule has 0 radical (unpaired) electrons. The zero-order valence-corrected chi connectivity index (χ0v) is 16.3. The average Bonchev–Trinajstić information content (AvgIpc) is 3.14. The fourth-order valence-electron chi connectivity index (χ4n) is 2.89. The Morgan fingerprint density at radius 1 is 1.18 bits per heavy atom. The van der Waals surface area contributed by atoms with Gasteiger partial charge in [0.2, 0.25) is 0 Å². The first-order valence-corrected chi connectivity index (χ1v) is 10.8. The first kappa shape index (κ1) is 20.0. The molecule has 0 spiro atoms. The summed E-state index contributed by atoms with van der Waals surface area (Å²) in [6, 6.07) is 8.99. The van der Waals surface area contributed by atoms with E-state index in [0.29, 0.717) is 43.1 Å². The molecule has 0 saturated carbocycles. The molecule has 2 heterocycles. The smallest absolute Gasteiger partial charge is 0.314 e. The monoisotopic (exact) mass is 406 g/mol. The van der Waals surface area contributed by atoms with Crippen LogP contribution in [0.5, 0.6) is 0 Å². The molecule has 2 amide bonds. The first-order chi connectivity index (χ1) is 13.4. The highest BCUT2D eigenvalue weighted by Crippen LogP contribution is 2.32. The van der Waals surface area contributed by atoms with E-state index < -0.39 is 21.7 Å². The summed E-state index contributed by atoms with van der Waals surface area (Å²) in [7, 11) is -3.30. The van der Waals surface area contributed by atoms with Gasteiger partial charge in [-0.2, -0.15) is 5.10 Å². The standard InChI is InChI=1S/C18H22N4O5S/c1-2-27-10-6-9-19-17(23)18(24)20-16-14-11-28(25,26)12-15(14)21-22(16)13-7-4-3-5-8-13/h3-5,7-8H,2,6,9-12H2,1H3,(H,19,23)(H,20,24). The van der Waals surface area contributed by atoms with Gasteiger partial charge in [0.1, 0.15) is 5.82 Å². The summed E-state index contributed by atoms with van der Waals surface area (Å²) >= 11 is 0. The van der Waals surface area contributed by atoms with E-state index in [1.165, 1.54) is 4.68 Å². The molecule has 0 bridgehead atoms. The van der Waals surface area contributed by atoms with Gasteiger partial charge in [0.05, 0.1) is 22.9 Å². The number of nitrogens with zero attached hydrogens (tertiary/aromatic N) is 2. The topological polar surface area (TPSA) is 119 Å². The molecule has 150 valence electrons. The number of hydrogen-bond acceptors (Lipinski definition) is 6. The number of fused-ring (bicyclic) bond motifs is 1. The van der Waals surface area contributed by atoms with Gasteiger partial charge in [-0.3, -0.25) is 9.59 Å². The van der Waals surface area contributed by atoms with Crippen molar-refractivity contribution in [3.8, 4) is 5.69 Å². The molecule has 10 heteroatoms. The Morgan fingerprint density at radius 2 is 1.93 bits per heavy atom. The Labute approximate surface area is 163 Å². The summed E-state index contributed by atoms with van der Waals surface area (Å²) in [5.41, 5.74) is 1.46. The number of benzene rings is 1. The summed E-state index contributed by atoms with van der Waals surface area (Å²) in [5, 5.41) is 9.39. The molecule has 2 aromatic rings. The molecule has 1 aliphatic heterocycles. The van der Waals surface area contributed by atoms with E-state index in [9.17, 15) is 18.0 Å². The second-order valence-electron chi connectivity index (χ2n) is 6.31. The molecule has 28 heavy (non-hydrogen) atoms. The summed E-state index contributed by atoms with van der Waals surface area (Å²) < 4.78 is 30.5. The average molecular weight is 406 g/mol. The van der Waals surface area contributed by atoms with Crippen LogP contribution in [-0.2, 0) is 35.7 Å². The van der Waals surface area contributed by atoms with Crippen molar-refractivity contribution >= 4 is 27.5 Å². The predicted molar refractivity (Wildman–Crippen MR) is 103 cm³/mol. The van der Waals surface area contributed by atoms with Gasteiger partial charge in [0, 0.05) is 25.3 Å². The van der Waals surface area contributed by atoms with Crippen molar-refractivity contribution in [1.29, 1.82) is 0 Å². The lowest BCUT2D eigenvalue weighted by Crippen LogP contribution is -2.36. The number of anilines is 1. The van der Waals surface area contributed by atoms with Crippen LogP contribution in [0.3, 0.4) is 0 Å². The van der Waals surface area contributed by atoms with Crippen molar-refractivity contribution in [2.75, 3.05) is 25.1 Å². The molecule has 2 N–H and O–H groups in total. The number of aromatic nitrogens is 2. The fraction of sp³-hybridized carbons (Fsp3) is 0.389. The van der Waals surface area contributed by atoms with Crippen LogP contribution in [-0.4, -0.2) is 49.8 Å². The van der Waals surface area contributed by atoms with Gasteiger partial charge in [-0.25, -0.2) is 13.1 Å². The van der Waals surface area contributed by atoms with Crippen LogP contribution in [0.2, 0.25) is 0 Å². The van der Waals surface area contributed by atoms with Gasteiger partial charge in [-0.05, 0) is 25.5 Å².